The number of non-ortho nitro benzene ring substituents is 1. The molecule has 2 aromatic carbocycles. The summed E-state index contributed by atoms with van der Waals surface area (Å²) in [6.07, 6.45) is 1.95. The van der Waals surface area contributed by atoms with Gasteiger partial charge < -0.3 is 14.5 Å². The van der Waals surface area contributed by atoms with Crippen LogP contribution in [0.1, 0.15) is 39.3 Å². The second-order valence-electron chi connectivity index (χ2n) is 9.71. The number of nitrogens with zero attached hydrogens (tertiary/aromatic N) is 6. The number of ether oxygens (including phenoxy) is 1. The number of furan rings is 1. The first-order valence-corrected chi connectivity index (χ1v) is 15.5. The van der Waals surface area contributed by atoms with Gasteiger partial charge in [-0.1, -0.05) is 30.0 Å². The smallest absolute Gasteiger partial charge is 0.287 e. The lowest BCUT2D eigenvalue weighted by molar-refractivity contribution is -0.384. The van der Waals surface area contributed by atoms with Gasteiger partial charge in [0.05, 0.1) is 47.2 Å². The van der Waals surface area contributed by atoms with Crippen LogP contribution in [-0.2, 0) is 11.3 Å². The molecule has 1 atom stereocenters. The third-order valence-electron chi connectivity index (χ3n) is 6.97. The summed E-state index contributed by atoms with van der Waals surface area (Å²) < 4.78 is 12.1. The van der Waals surface area contributed by atoms with E-state index in [1.807, 2.05) is 41.8 Å². The predicted molar refractivity (Wildman–Crippen MR) is 167 cm³/mol. The summed E-state index contributed by atoms with van der Waals surface area (Å²) in [6, 6.07) is 20.2. The highest BCUT2D eigenvalue weighted by Crippen LogP contribution is 2.35. The highest BCUT2D eigenvalue weighted by Gasteiger charge is 2.34. The quantitative estimate of drug-likeness (QED) is 0.115. The Morgan fingerprint density at radius 3 is 2.58 bits per heavy atom. The van der Waals surface area contributed by atoms with Gasteiger partial charge in [-0.2, -0.15) is 5.10 Å². The minimum Gasteiger partial charge on any atom is -0.497 e. The molecule has 13 nitrogen and oxygen atoms in total. The minimum absolute atomic E-state index is 0.0157. The largest absolute Gasteiger partial charge is 0.497 e. The molecule has 3 aromatic heterocycles. The van der Waals surface area contributed by atoms with Gasteiger partial charge in [0.15, 0.2) is 16.7 Å². The molecule has 2 amide bonds. The number of hydrogen-bond donors (Lipinski definition) is 1. The number of thiophene rings is 1. The summed E-state index contributed by atoms with van der Waals surface area (Å²) in [7, 11) is 1.60. The fourth-order valence-corrected chi connectivity index (χ4v) is 6.30. The van der Waals surface area contributed by atoms with Crippen molar-refractivity contribution in [1.29, 1.82) is 0 Å². The number of thioether (sulfide) groups is 1. The molecule has 0 saturated heterocycles. The lowest BCUT2D eigenvalue weighted by atomic mass is 10.0. The van der Waals surface area contributed by atoms with Gasteiger partial charge in [-0.05, 0) is 53.4 Å². The van der Waals surface area contributed by atoms with Gasteiger partial charge in [0.1, 0.15) is 5.75 Å². The van der Waals surface area contributed by atoms with Crippen molar-refractivity contribution >= 4 is 46.3 Å². The van der Waals surface area contributed by atoms with Crippen LogP contribution >= 0.6 is 23.1 Å². The molecule has 15 heteroatoms. The Labute approximate surface area is 264 Å². The van der Waals surface area contributed by atoms with E-state index >= 15 is 0 Å². The van der Waals surface area contributed by atoms with E-state index in [0.29, 0.717) is 28.8 Å². The van der Waals surface area contributed by atoms with Crippen molar-refractivity contribution in [1.82, 2.24) is 25.1 Å². The number of hydrazone groups is 1. The number of nitro groups is 1. The molecule has 0 fully saturated rings. The van der Waals surface area contributed by atoms with Crippen LogP contribution in [0.4, 0.5) is 5.69 Å². The molecule has 4 heterocycles. The van der Waals surface area contributed by atoms with Crippen molar-refractivity contribution in [3.05, 3.63) is 117 Å². The Morgan fingerprint density at radius 1 is 1.11 bits per heavy atom. The van der Waals surface area contributed by atoms with Gasteiger partial charge in [-0.3, -0.25) is 24.3 Å². The number of methoxy groups -OCH3 is 1. The van der Waals surface area contributed by atoms with Crippen LogP contribution in [0.25, 0.3) is 5.69 Å². The summed E-state index contributed by atoms with van der Waals surface area (Å²) in [5, 5.41) is 31.1. The van der Waals surface area contributed by atoms with Crippen LogP contribution < -0.4 is 10.1 Å². The van der Waals surface area contributed by atoms with Gasteiger partial charge in [0, 0.05) is 24.2 Å². The zero-order valence-electron chi connectivity index (χ0n) is 23.7. The standard InChI is InChI=1S/C30H25N7O6S2/c1-42-22-12-6-19(7-13-22)24-16-23(26-5-3-15-44-26)34-36(24)28(38)18-45-30-33-32-27(17-31-29(39)25-4-2-14-43-25)35(30)20-8-10-21(11-9-20)37(40)41/h2-15,24H,16-18H2,1H3,(H,31,39)/t24-/m1/s1. The molecule has 228 valence electrons. The number of nitrogens with one attached hydrogen (secondary N) is 1. The first kappa shape index (κ1) is 29.8. The molecule has 6 rings (SSSR count). The van der Waals surface area contributed by atoms with Crippen LogP contribution in [0.2, 0.25) is 0 Å². The SMILES string of the molecule is COc1ccc([C@H]2CC(c3cccs3)=NN2C(=O)CSc2nnc(CNC(=O)c3ccco3)n2-c2ccc([N+](=O)[O-])cc2)cc1. The molecule has 0 spiro atoms. The number of carbonyl (C=O) groups excluding carboxylic acids is 2. The van der Waals surface area contributed by atoms with E-state index < -0.39 is 10.8 Å². The molecule has 1 N–H and O–H groups in total. The van der Waals surface area contributed by atoms with Gasteiger partial charge in [-0.25, -0.2) is 5.01 Å². The van der Waals surface area contributed by atoms with E-state index in [1.54, 1.807) is 41.2 Å². The maximum absolute atomic E-state index is 13.7. The number of carbonyl (C=O) groups is 2. The fourth-order valence-electron chi connectivity index (χ4n) is 4.76. The first-order chi connectivity index (χ1) is 21.9. The minimum atomic E-state index is -0.491. The van der Waals surface area contributed by atoms with Gasteiger partial charge in [0.25, 0.3) is 17.5 Å². The molecule has 0 saturated carbocycles. The van der Waals surface area contributed by atoms with Gasteiger partial charge in [0.2, 0.25) is 0 Å². The van der Waals surface area contributed by atoms with Crippen LogP contribution in [0.3, 0.4) is 0 Å². The number of amides is 2. The fraction of sp³-hybridized carbons (Fsp3) is 0.167. The van der Waals surface area contributed by atoms with Crippen LogP contribution in [0.5, 0.6) is 5.75 Å². The summed E-state index contributed by atoms with van der Waals surface area (Å²) >= 11 is 2.71. The molecule has 0 radical (unpaired) electrons. The predicted octanol–water partition coefficient (Wildman–Crippen LogP) is 5.24. The van der Waals surface area contributed by atoms with Crippen molar-refractivity contribution < 1.29 is 23.7 Å². The molecule has 0 bridgehead atoms. The van der Waals surface area contributed by atoms with E-state index in [1.165, 1.54) is 29.5 Å². The molecule has 1 aliphatic heterocycles. The number of benzene rings is 2. The van der Waals surface area contributed by atoms with Crippen molar-refractivity contribution in [2.75, 3.05) is 12.9 Å². The highest BCUT2D eigenvalue weighted by atomic mass is 32.2. The Balaban J connectivity index is 1.25. The van der Waals surface area contributed by atoms with Gasteiger partial charge in [-0.15, -0.1) is 21.5 Å². The summed E-state index contributed by atoms with van der Waals surface area (Å²) in [4.78, 5) is 38.0. The average Bonchev–Trinajstić information content (AvgIpc) is 3.89. The molecule has 0 aliphatic carbocycles. The average molecular weight is 644 g/mol. The summed E-state index contributed by atoms with van der Waals surface area (Å²) in [6.45, 7) is -0.0157. The first-order valence-electron chi connectivity index (χ1n) is 13.6. The second-order valence-corrected chi connectivity index (χ2v) is 11.6. The van der Waals surface area contributed by atoms with E-state index in [-0.39, 0.29) is 35.7 Å². The monoisotopic (exact) mass is 643 g/mol. The Morgan fingerprint density at radius 2 is 1.91 bits per heavy atom. The van der Waals surface area contributed by atoms with Crippen molar-refractivity contribution in [3.8, 4) is 11.4 Å². The summed E-state index contributed by atoms with van der Waals surface area (Å²) in [5.41, 5.74) is 2.20. The maximum Gasteiger partial charge on any atom is 0.287 e. The van der Waals surface area contributed by atoms with Crippen LogP contribution in [0.15, 0.2) is 99.1 Å². The van der Waals surface area contributed by atoms with E-state index in [0.717, 1.165) is 27.9 Å². The number of rotatable bonds is 11. The zero-order valence-corrected chi connectivity index (χ0v) is 25.4. The third kappa shape index (κ3) is 6.49. The van der Waals surface area contributed by atoms with Gasteiger partial charge >= 0.3 is 0 Å². The third-order valence-corrected chi connectivity index (χ3v) is 8.80. The molecule has 45 heavy (non-hydrogen) atoms. The number of aromatic nitrogens is 3. The highest BCUT2D eigenvalue weighted by molar-refractivity contribution is 7.99. The molecular formula is C30H25N7O6S2. The topological polar surface area (TPSA) is 158 Å². The molecule has 5 aromatic rings. The molecule has 1 aliphatic rings. The maximum atomic E-state index is 13.7. The normalized spacial score (nSPS) is 14.3. The Bertz CT molecular complexity index is 1840. The lowest BCUT2D eigenvalue weighted by Crippen LogP contribution is -2.28. The number of hydrogen-bond acceptors (Lipinski definition) is 11. The van der Waals surface area contributed by atoms with Crippen molar-refractivity contribution in [3.63, 3.8) is 0 Å². The van der Waals surface area contributed by atoms with E-state index in [2.05, 4.69) is 15.5 Å². The Kier molecular flexibility index (Phi) is 8.70. The van der Waals surface area contributed by atoms with Crippen LogP contribution in [0, 0.1) is 10.1 Å². The number of nitro benzene ring substituents is 1. The van der Waals surface area contributed by atoms with E-state index in [9.17, 15) is 19.7 Å². The van der Waals surface area contributed by atoms with Crippen LogP contribution in [-0.4, -0.2) is 55.1 Å². The summed E-state index contributed by atoms with van der Waals surface area (Å²) in [5.74, 6) is 0.507. The second kappa shape index (κ2) is 13.2. The molecular weight excluding hydrogens is 619 g/mol. The lowest BCUT2D eigenvalue weighted by Gasteiger charge is -2.22. The van der Waals surface area contributed by atoms with Crippen molar-refractivity contribution in [2.45, 2.75) is 24.2 Å². The zero-order chi connectivity index (χ0) is 31.3. The van der Waals surface area contributed by atoms with E-state index in [4.69, 9.17) is 14.3 Å². The van der Waals surface area contributed by atoms with Crippen molar-refractivity contribution in [2.24, 2.45) is 5.10 Å². The Hall–Kier alpha value is -5.28. The molecule has 0 unspecified atom stereocenters.